The highest BCUT2D eigenvalue weighted by molar-refractivity contribution is 6.15. The molecule has 0 fully saturated rings. The van der Waals surface area contributed by atoms with Crippen LogP contribution in [0.1, 0.15) is 22.3 Å². The van der Waals surface area contributed by atoms with Crippen LogP contribution in [0.2, 0.25) is 0 Å². The number of anilines is 3. The molecular weight excluding hydrogens is 787 g/mol. The summed E-state index contributed by atoms with van der Waals surface area (Å²) in [6, 6.07) is 90.8. The van der Waals surface area contributed by atoms with Crippen LogP contribution >= 0.6 is 0 Å². The lowest BCUT2D eigenvalue weighted by molar-refractivity contribution is 0.670. The molecule has 1 aliphatic carbocycles. The summed E-state index contributed by atoms with van der Waals surface area (Å²) in [5.74, 6) is 0. The second-order valence-electron chi connectivity index (χ2n) is 17.1. The van der Waals surface area contributed by atoms with E-state index in [0.29, 0.717) is 0 Å². The van der Waals surface area contributed by atoms with E-state index in [0.717, 1.165) is 61.3 Å². The minimum atomic E-state index is -0.525. The number of hydrogen-bond donors (Lipinski definition) is 0. The van der Waals surface area contributed by atoms with Crippen LogP contribution in [-0.2, 0) is 5.41 Å². The molecule has 0 unspecified atom stereocenters. The predicted molar refractivity (Wildman–Crippen MR) is 272 cm³/mol. The Bertz CT molecular complexity index is 3720. The largest absolute Gasteiger partial charge is 0.455 e. The zero-order valence-corrected chi connectivity index (χ0v) is 35.5. The number of benzene rings is 11. The van der Waals surface area contributed by atoms with Crippen molar-refractivity contribution in [1.82, 2.24) is 0 Å². The lowest BCUT2D eigenvalue weighted by Crippen LogP contribution is -2.28. The molecule has 0 saturated heterocycles. The van der Waals surface area contributed by atoms with E-state index in [4.69, 9.17) is 4.42 Å². The maximum Gasteiger partial charge on any atom is 0.143 e. The maximum atomic E-state index is 6.57. The zero-order valence-electron chi connectivity index (χ0n) is 35.5. The number of nitrogens with zero attached hydrogens (tertiary/aromatic N) is 1. The fourth-order valence-electron chi connectivity index (χ4n) is 10.9. The monoisotopic (exact) mass is 827 g/mol. The maximum absolute atomic E-state index is 6.57. The molecule has 1 aliphatic rings. The number of para-hydroxylation sites is 1. The van der Waals surface area contributed by atoms with Crippen molar-refractivity contribution in [2.45, 2.75) is 5.41 Å². The summed E-state index contributed by atoms with van der Waals surface area (Å²) in [7, 11) is 0. The molecule has 0 N–H and O–H groups in total. The average molecular weight is 828 g/mol. The second kappa shape index (κ2) is 14.8. The molecule has 304 valence electrons. The highest BCUT2D eigenvalue weighted by Crippen LogP contribution is 2.60. The SMILES string of the molecule is c1ccc(-c2cccc3c2oc2ccc(-c4ccc(N(c5cccc6c5-c5ccccc5C6(c5ccccc5)c5ccccc5)c5cc6ccccc6c6ccccc56)cc4)cc23)cc1. The fraction of sp³-hybridized carbons (Fsp3) is 0.0159. The molecule has 13 rings (SSSR count). The smallest absolute Gasteiger partial charge is 0.143 e. The summed E-state index contributed by atoms with van der Waals surface area (Å²) >= 11 is 0. The quantitative estimate of drug-likeness (QED) is 0.149. The van der Waals surface area contributed by atoms with Gasteiger partial charge in [0.05, 0.1) is 16.8 Å². The summed E-state index contributed by atoms with van der Waals surface area (Å²) in [5, 5.41) is 7.11. The first kappa shape index (κ1) is 37.1. The highest BCUT2D eigenvalue weighted by Gasteiger charge is 2.47. The van der Waals surface area contributed by atoms with Gasteiger partial charge in [-0.25, -0.2) is 0 Å². The molecule has 0 amide bonds. The Morgan fingerprint density at radius 1 is 0.338 bits per heavy atom. The Labute approximate surface area is 377 Å². The molecule has 0 aliphatic heterocycles. The van der Waals surface area contributed by atoms with Crippen LogP contribution < -0.4 is 4.90 Å². The van der Waals surface area contributed by atoms with Crippen molar-refractivity contribution in [2.75, 3.05) is 4.90 Å². The van der Waals surface area contributed by atoms with Crippen molar-refractivity contribution >= 4 is 60.5 Å². The molecular formula is C63H41NO. The first-order valence-electron chi connectivity index (χ1n) is 22.4. The third kappa shape index (κ3) is 5.67. The van der Waals surface area contributed by atoms with Gasteiger partial charge in [0.15, 0.2) is 0 Å². The molecule has 0 atom stereocenters. The van der Waals surface area contributed by atoms with Crippen LogP contribution in [0.4, 0.5) is 17.1 Å². The van der Waals surface area contributed by atoms with Crippen LogP contribution in [-0.4, -0.2) is 0 Å². The van der Waals surface area contributed by atoms with Crippen LogP contribution in [0, 0.1) is 0 Å². The fourth-order valence-corrected chi connectivity index (χ4v) is 10.9. The Hall–Kier alpha value is -8.46. The lowest BCUT2D eigenvalue weighted by Gasteiger charge is -2.34. The standard InChI is InChI=1S/C63H41NO/c1-4-18-43(19-5-1)50-29-16-30-53-55-40-44(36-39-60(55)65-62(50)53)42-34-37-48(38-35-42)64(59-41-45-20-10-11-25-49(45)51-26-12-13-27-52(51)59)58-33-17-32-57-61(58)54-28-14-15-31-56(54)63(57,46-21-6-2-7-22-46)47-23-8-3-9-24-47/h1-41H. The van der Waals surface area contributed by atoms with E-state index in [1.807, 2.05) is 0 Å². The van der Waals surface area contributed by atoms with Gasteiger partial charge in [0.25, 0.3) is 0 Å². The van der Waals surface area contributed by atoms with Gasteiger partial charge in [0.1, 0.15) is 11.2 Å². The van der Waals surface area contributed by atoms with Crippen LogP contribution in [0.3, 0.4) is 0 Å². The topological polar surface area (TPSA) is 16.4 Å². The Morgan fingerprint density at radius 2 is 0.923 bits per heavy atom. The van der Waals surface area contributed by atoms with Gasteiger partial charge < -0.3 is 9.32 Å². The highest BCUT2D eigenvalue weighted by atomic mass is 16.3. The van der Waals surface area contributed by atoms with Gasteiger partial charge in [-0.3, -0.25) is 0 Å². The molecule has 2 nitrogen and oxygen atoms in total. The van der Waals surface area contributed by atoms with E-state index in [-0.39, 0.29) is 0 Å². The zero-order chi connectivity index (χ0) is 42.9. The molecule has 1 heterocycles. The first-order chi connectivity index (χ1) is 32.3. The molecule has 2 heteroatoms. The minimum Gasteiger partial charge on any atom is -0.455 e. The van der Waals surface area contributed by atoms with Crippen LogP contribution in [0.5, 0.6) is 0 Å². The second-order valence-corrected chi connectivity index (χ2v) is 17.1. The van der Waals surface area contributed by atoms with Crippen molar-refractivity contribution in [3.8, 4) is 33.4 Å². The van der Waals surface area contributed by atoms with Crippen molar-refractivity contribution in [1.29, 1.82) is 0 Å². The summed E-state index contributed by atoms with van der Waals surface area (Å²) < 4.78 is 6.57. The summed E-state index contributed by atoms with van der Waals surface area (Å²) in [5.41, 5.74) is 16.7. The van der Waals surface area contributed by atoms with E-state index in [2.05, 4.69) is 254 Å². The van der Waals surface area contributed by atoms with E-state index < -0.39 is 5.41 Å². The number of furan rings is 1. The Balaban J connectivity index is 1.03. The summed E-state index contributed by atoms with van der Waals surface area (Å²) in [4.78, 5) is 2.51. The molecule has 0 spiro atoms. The van der Waals surface area contributed by atoms with Gasteiger partial charge >= 0.3 is 0 Å². The van der Waals surface area contributed by atoms with Crippen LogP contribution in [0.15, 0.2) is 253 Å². The van der Waals surface area contributed by atoms with E-state index in [1.165, 1.54) is 54.9 Å². The molecule has 65 heavy (non-hydrogen) atoms. The molecule has 0 radical (unpaired) electrons. The van der Waals surface area contributed by atoms with E-state index in [9.17, 15) is 0 Å². The van der Waals surface area contributed by atoms with Crippen molar-refractivity contribution in [3.63, 3.8) is 0 Å². The summed E-state index contributed by atoms with van der Waals surface area (Å²) in [6.45, 7) is 0. The average Bonchev–Trinajstić information content (AvgIpc) is 3.92. The van der Waals surface area contributed by atoms with Crippen molar-refractivity contribution < 1.29 is 4.42 Å². The Kier molecular flexibility index (Phi) is 8.47. The lowest BCUT2D eigenvalue weighted by atomic mass is 9.68. The van der Waals surface area contributed by atoms with Crippen LogP contribution in [0.25, 0.3) is 76.9 Å². The van der Waals surface area contributed by atoms with Gasteiger partial charge in [-0.15, -0.1) is 0 Å². The molecule has 12 aromatic rings. The summed E-state index contributed by atoms with van der Waals surface area (Å²) in [6.07, 6.45) is 0. The van der Waals surface area contributed by atoms with Crippen molar-refractivity contribution in [3.05, 3.63) is 271 Å². The van der Waals surface area contributed by atoms with Crippen molar-refractivity contribution in [2.24, 2.45) is 0 Å². The van der Waals surface area contributed by atoms with Gasteiger partial charge in [-0.05, 0) is 97.1 Å². The van der Waals surface area contributed by atoms with Gasteiger partial charge in [0, 0.05) is 33.0 Å². The molecule has 0 saturated carbocycles. The Morgan fingerprint density at radius 3 is 1.69 bits per heavy atom. The normalized spacial score (nSPS) is 12.7. The van der Waals surface area contributed by atoms with E-state index in [1.54, 1.807) is 0 Å². The third-order valence-corrected chi connectivity index (χ3v) is 13.7. The number of rotatable bonds is 7. The minimum absolute atomic E-state index is 0.525. The van der Waals surface area contributed by atoms with Gasteiger partial charge in [-0.2, -0.15) is 0 Å². The molecule has 1 aromatic heterocycles. The van der Waals surface area contributed by atoms with E-state index >= 15 is 0 Å². The number of fused-ring (bicyclic) bond motifs is 9. The van der Waals surface area contributed by atoms with Gasteiger partial charge in [-0.1, -0.05) is 212 Å². The molecule has 11 aromatic carbocycles. The predicted octanol–water partition coefficient (Wildman–Crippen LogP) is 17.1. The first-order valence-corrected chi connectivity index (χ1v) is 22.4. The van der Waals surface area contributed by atoms with Gasteiger partial charge in [0.2, 0.25) is 0 Å². The number of hydrogen-bond acceptors (Lipinski definition) is 2. The molecule has 0 bridgehead atoms. The third-order valence-electron chi connectivity index (χ3n) is 13.7.